The number of hydrogen-bond acceptors (Lipinski definition) is 5. The molecule has 1 N–H and O–H groups in total. The minimum Gasteiger partial charge on any atom is -0.497 e. The van der Waals surface area contributed by atoms with Crippen LogP contribution < -0.4 is 4.74 Å². The number of benzene rings is 1. The van der Waals surface area contributed by atoms with E-state index in [0.717, 1.165) is 11.3 Å². The summed E-state index contributed by atoms with van der Waals surface area (Å²) in [5.41, 5.74) is 1.06. The molecule has 1 fully saturated rings. The second kappa shape index (κ2) is 8.40. The lowest BCUT2D eigenvalue weighted by Gasteiger charge is -2.45. The SMILES string of the molecule is COc1ccc(CO[C@H]2C[C@@H](O)O[C@@H](C)[C@H]2O[Si](C)(C)C(C)(C)C)cc1. The Kier molecular flexibility index (Phi) is 6.90. The summed E-state index contributed by atoms with van der Waals surface area (Å²) in [7, 11) is -0.325. The summed E-state index contributed by atoms with van der Waals surface area (Å²) in [4.78, 5) is 0. The predicted octanol–water partition coefficient (Wildman–Crippen LogP) is 4.10. The van der Waals surface area contributed by atoms with Crippen molar-refractivity contribution in [1.82, 2.24) is 0 Å². The van der Waals surface area contributed by atoms with Gasteiger partial charge in [0, 0.05) is 6.42 Å². The standard InChI is InChI=1S/C20H34O5Si/c1-14-19(25-26(6,7)20(2,3)4)17(12-18(21)24-14)23-13-15-8-10-16(22-5)11-9-15/h8-11,14,17-19,21H,12-13H2,1-7H3/t14-,17-,18-,19+/m0/s1. The third-order valence-electron chi connectivity index (χ3n) is 5.49. The molecule has 1 aliphatic rings. The van der Waals surface area contributed by atoms with Crippen LogP contribution in [0.3, 0.4) is 0 Å². The Bertz CT molecular complexity index is 567. The number of aliphatic hydroxyl groups is 1. The van der Waals surface area contributed by atoms with E-state index in [-0.39, 0.29) is 23.4 Å². The van der Waals surface area contributed by atoms with Gasteiger partial charge in [-0.2, -0.15) is 0 Å². The van der Waals surface area contributed by atoms with E-state index < -0.39 is 14.6 Å². The Labute approximate surface area is 158 Å². The van der Waals surface area contributed by atoms with Crippen LogP contribution in [0.1, 0.15) is 39.7 Å². The van der Waals surface area contributed by atoms with E-state index in [1.807, 2.05) is 31.2 Å². The fraction of sp³-hybridized carbons (Fsp3) is 0.700. The highest BCUT2D eigenvalue weighted by Gasteiger charge is 2.45. The van der Waals surface area contributed by atoms with Gasteiger partial charge in [0.05, 0.1) is 32.0 Å². The molecule has 0 saturated carbocycles. The lowest BCUT2D eigenvalue weighted by atomic mass is 10.0. The second-order valence-electron chi connectivity index (χ2n) is 8.57. The first-order valence-corrected chi connectivity index (χ1v) is 12.2. The van der Waals surface area contributed by atoms with Gasteiger partial charge in [0.25, 0.3) is 0 Å². The molecule has 0 radical (unpaired) electrons. The molecule has 5 nitrogen and oxygen atoms in total. The Hall–Kier alpha value is -0.923. The Morgan fingerprint density at radius 3 is 2.35 bits per heavy atom. The highest BCUT2D eigenvalue weighted by Crippen LogP contribution is 2.39. The van der Waals surface area contributed by atoms with Crippen molar-refractivity contribution < 1.29 is 23.7 Å². The Morgan fingerprint density at radius 1 is 1.19 bits per heavy atom. The van der Waals surface area contributed by atoms with Crippen molar-refractivity contribution in [2.45, 2.75) is 83.5 Å². The molecule has 0 bridgehead atoms. The van der Waals surface area contributed by atoms with Crippen molar-refractivity contribution in [1.29, 1.82) is 0 Å². The normalized spacial score (nSPS) is 27.4. The lowest BCUT2D eigenvalue weighted by Crippen LogP contribution is -2.55. The van der Waals surface area contributed by atoms with Gasteiger partial charge in [-0.25, -0.2) is 0 Å². The molecule has 1 saturated heterocycles. The van der Waals surface area contributed by atoms with Crippen LogP contribution in [0.2, 0.25) is 18.1 Å². The molecule has 1 aromatic rings. The van der Waals surface area contributed by atoms with Gasteiger partial charge >= 0.3 is 0 Å². The summed E-state index contributed by atoms with van der Waals surface area (Å²) < 4.78 is 23.6. The average Bonchev–Trinajstić information content (AvgIpc) is 2.55. The largest absolute Gasteiger partial charge is 0.497 e. The van der Waals surface area contributed by atoms with Crippen LogP contribution >= 0.6 is 0 Å². The number of hydrogen-bond donors (Lipinski definition) is 1. The minimum atomic E-state index is -1.98. The van der Waals surface area contributed by atoms with Crippen molar-refractivity contribution in [3.8, 4) is 5.75 Å². The Balaban J connectivity index is 2.08. The summed E-state index contributed by atoms with van der Waals surface area (Å²) >= 11 is 0. The van der Waals surface area contributed by atoms with E-state index in [0.29, 0.717) is 13.0 Å². The molecule has 26 heavy (non-hydrogen) atoms. The maximum Gasteiger partial charge on any atom is 0.192 e. The predicted molar refractivity (Wildman–Crippen MR) is 105 cm³/mol. The molecule has 0 aromatic heterocycles. The molecule has 6 heteroatoms. The molecule has 2 rings (SSSR count). The molecule has 4 atom stereocenters. The highest BCUT2D eigenvalue weighted by molar-refractivity contribution is 6.74. The zero-order valence-corrected chi connectivity index (χ0v) is 18.1. The molecule has 0 spiro atoms. The molecule has 1 heterocycles. The van der Waals surface area contributed by atoms with Gasteiger partial charge in [0.15, 0.2) is 14.6 Å². The van der Waals surface area contributed by atoms with Crippen molar-refractivity contribution in [3.05, 3.63) is 29.8 Å². The summed E-state index contributed by atoms with van der Waals surface area (Å²) in [5, 5.41) is 10.1. The van der Waals surface area contributed by atoms with E-state index >= 15 is 0 Å². The van der Waals surface area contributed by atoms with Crippen LogP contribution in [0.5, 0.6) is 5.75 Å². The number of aliphatic hydroxyl groups excluding tert-OH is 1. The smallest absolute Gasteiger partial charge is 0.192 e. The molecular formula is C20H34O5Si. The van der Waals surface area contributed by atoms with Gasteiger partial charge in [0.2, 0.25) is 0 Å². The number of ether oxygens (including phenoxy) is 3. The monoisotopic (exact) mass is 382 g/mol. The second-order valence-corrected chi connectivity index (χ2v) is 13.3. The van der Waals surface area contributed by atoms with E-state index in [1.165, 1.54) is 0 Å². The van der Waals surface area contributed by atoms with Gasteiger partial charge < -0.3 is 23.7 Å². The van der Waals surface area contributed by atoms with Crippen LogP contribution in [-0.4, -0.2) is 45.1 Å². The summed E-state index contributed by atoms with van der Waals surface area (Å²) in [6.07, 6.45) is -0.999. The fourth-order valence-electron chi connectivity index (χ4n) is 2.79. The summed E-state index contributed by atoms with van der Waals surface area (Å²) in [6.45, 7) is 13.5. The molecule has 0 unspecified atom stereocenters. The molecule has 0 amide bonds. The molecule has 1 aliphatic heterocycles. The first-order valence-electron chi connectivity index (χ1n) is 9.29. The maximum atomic E-state index is 10.0. The van der Waals surface area contributed by atoms with Gasteiger partial charge in [-0.1, -0.05) is 32.9 Å². The topological polar surface area (TPSA) is 57.2 Å². The van der Waals surface area contributed by atoms with E-state index in [2.05, 4.69) is 33.9 Å². The van der Waals surface area contributed by atoms with Crippen molar-refractivity contribution in [2.75, 3.05) is 7.11 Å². The van der Waals surface area contributed by atoms with Gasteiger partial charge in [-0.15, -0.1) is 0 Å². The average molecular weight is 383 g/mol. The van der Waals surface area contributed by atoms with E-state index in [1.54, 1.807) is 7.11 Å². The van der Waals surface area contributed by atoms with Crippen molar-refractivity contribution in [2.24, 2.45) is 0 Å². The Morgan fingerprint density at radius 2 is 1.81 bits per heavy atom. The first-order chi connectivity index (χ1) is 12.0. The van der Waals surface area contributed by atoms with Crippen LogP contribution in [0.15, 0.2) is 24.3 Å². The zero-order valence-electron chi connectivity index (χ0n) is 17.1. The van der Waals surface area contributed by atoms with Crippen LogP contribution in [0, 0.1) is 0 Å². The third-order valence-corrected chi connectivity index (χ3v) is 9.97. The summed E-state index contributed by atoms with van der Waals surface area (Å²) in [6, 6.07) is 7.82. The molecule has 1 aromatic carbocycles. The number of methoxy groups -OCH3 is 1. The van der Waals surface area contributed by atoms with Crippen molar-refractivity contribution >= 4 is 8.32 Å². The maximum absolute atomic E-state index is 10.0. The molecule has 0 aliphatic carbocycles. The highest BCUT2D eigenvalue weighted by atomic mass is 28.4. The van der Waals surface area contributed by atoms with Crippen LogP contribution in [0.4, 0.5) is 0 Å². The minimum absolute atomic E-state index is 0.101. The quantitative estimate of drug-likeness (QED) is 0.751. The van der Waals surface area contributed by atoms with Gasteiger partial charge in [0.1, 0.15) is 5.75 Å². The third kappa shape index (κ3) is 5.30. The zero-order chi connectivity index (χ0) is 19.5. The van der Waals surface area contributed by atoms with Crippen LogP contribution in [0.25, 0.3) is 0 Å². The van der Waals surface area contributed by atoms with E-state index in [4.69, 9.17) is 18.6 Å². The molecule has 148 valence electrons. The van der Waals surface area contributed by atoms with Gasteiger partial charge in [-0.3, -0.25) is 0 Å². The summed E-state index contributed by atoms with van der Waals surface area (Å²) in [5.74, 6) is 0.822. The van der Waals surface area contributed by atoms with Crippen LogP contribution in [-0.2, 0) is 20.5 Å². The number of rotatable bonds is 6. The van der Waals surface area contributed by atoms with Crippen molar-refractivity contribution in [3.63, 3.8) is 0 Å². The van der Waals surface area contributed by atoms with E-state index in [9.17, 15) is 5.11 Å². The fourth-order valence-corrected chi connectivity index (χ4v) is 4.17. The first kappa shape index (κ1) is 21.4. The van der Waals surface area contributed by atoms with Gasteiger partial charge in [-0.05, 0) is 42.8 Å². The molecular weight excluding hydrogens is 348 g/mol. The lowest BCUT2D eigenvalue weighted by molar-refractivity contribution is -0.234.